The van der Waals surface area contributed by atoms with Crippen molar-refractivity contribution < 1.29 is 33.0 Å². The largest absolute Gasteiger partial charge is 0.469 e. The molecule has 2 fully saturated rings. The number of alkyl carbamates (subject to hydrolysis) is 1. The molecule has 2 saturated heterocycles. The molecule has 0 saturated carbocycles. The van der Waals surface area contributed by atoms with Crippen molar-refractivity contribution >= 4 is 45.6 Å². The van der Waals surface area contributed by atoms with E-state index in [1.165, 1.54) is 25.6 Å². The minimum Gasteiger partial charge on any atom is -0.469 e. The van der Waals surface area contributed by atoms with E-state index in [1.807, 2.05) is 69.0 Å². The molecule has 2 aromatic carbocycles. The van der Waals surface area contributed by atoms with Crippen LogP contribution in [-0.4, -0.2) is 87.0 Å². The van der Waals surface area contributed by atoms with E-state index in [-0.39, 0.29) is 59.8 Å². The van der Waals surface area contributed by atoms with Gasteiger partial charge in [-0.05, 0) is 71.4 Å². The van der Waals surface area contributed by atoms with Crippen molar-refractivity contribution in [3.8, 4) is 32.8 Å². The molecule has 3 aromatic heterocycles. The number of likely N-dealkylation sites (tertiary alicyclic amines) is 2. The summed E-state index contributed by atoms with van der Waals surface area (Å²) in [5.74, 6) is 0.271. The second-order valence-corrected chi connectivity index (χ2v) is 18.1. The number of H-pyrrole nitrogens is 2. The van der Waals surface area contributed by atoms with Crippen molar-refractivity contribution in [2.75, 3.05) is 27.3 Å². The molecule has 318 valence electrons. The van der Waals surface area contributed by atoms with Crippen molar-refractivity contribution in [3.05, 3.63) is 72.2 Å². The summed E-state index contributed by atoms with van der Waals surface area (Å²) in [6, 6.07) is 13.7. The van der Waals surface area contributed by atoms with Crippen LogP contribution in [0.3, 0.4) is 0 Å². The summed E-state index contributed by atoms with van der Waals surface area (Å²) in [7, 11) is 2.62. The maximum Gasteiger partial charge on any atom is 0.407 e. The van der Waals surface area contributed by atoms with Crippen molar-refractivity contribution in [1.82, 2.24) is 35.1 Å². The Morgan fingerprint density at radius 2 is 1.47 bits per heavy atom. The van der Waals surface area contributed by atoms with Crippen LogP contribution in [0, 0.1) is 35.4 Å². The molecule has 2 aliphatic rings. The average molecular weight is 840 g/mol. The first kappa shape index (κ1) is 42.6. The molecule has 15 heteroatoms. The smallest absolute Gasteiger partial charge is 0.407 e. The fraction of sp³-hybridized carbons (Fsp3) is 0.467. The van der Waals surface area contributed by atoms with Crippen molar-refractivity contribution in [1.29, 1.82) is 0 Å². The normalized spacial score (nSPS) is 20.2. The Morgan fingerprint density at radius 1 is 0.833 bits per heavy atom. The van der Waals surface area contributed by atoms with Crippen LogP contribution in [0.25, 0.3) is 43.2 Å². The summed E-state index contributed by atoms with van der Waals surface area (Å²) in [5.41, 5.74) is 4.54. The molecule has 13 nitrogen and oxygen atoms in total. The molecule has 0 radical (unpaired) electrons. The fourth-order valence-corrected chi connectivity index (χ4v) is 9.59. The van der Waals surface area contributed by atoms with Gasteiger partial charge in [0.2, 0.25) is 11.8 Å². The average Bonchev–Trinajstić information content (AvgIpc) is 4.07. The SMILES string of the molecule is COC(=O)C[C@H](C(=O)N1C[C@@H](C)C[C@H]1c1ncc(-c2ccc(-c3ccc(-c4cc5[nH]c([C@@H]6C[C@H](C)CN6C(=O)[C@@H](NC(=O)OC)C(C)C)nc5s4)c(F)c3)cc2)[nH]1)C(C)C. The van der Waals surface area contributed by atoms with Gasteiger partial charge in [-0.1, -0.05) is 71.9 Å². The van der Waals surface area contributed by atoms with Crippen LogP contribution in [0.5, 0.6) is 0 Å². The minimum absolute atomic E-state index is 0.0248. The number of nitrogens with zero attached hydrogens (tertiary/aromatic N) is 4. The lowest BCUT2D eigenvalue weighted by Crippen LogP contribution is -2.51. The zero-order valence-electron chi connectivity index (χ0n) is 35.4. The van der Waals surface area contributed by atoms with E-state index in [9.17, 15) is 19.2 Å². The first-order valence-corrected chi connectivity index (χ1v) is 21.4. The zero-order valence-corrected chi connectivity index (χ0v) is 36.2. The summed E-state index contributed by atoms with van der Waals surface area (Å²) in [6.45, 7) is 13.0. The van der Waals surface area contributed by atoms with E-state index >= 15 is 4.39 Å². The first-order valence-electron chi connectivity index (χ1n) is 20.6. The molecule has 0 spiro atoms. The van der Waals surface area contributed by atoms with Crippen LogP contribution in [0.2, 0.25) is 0 Å². The number of thiophene rings is 1. The first-order chi connectivity index (χ1) is 28.6. The van der Waals surface area contributed by atoms with Crippen molar-refractivity contribution in [2.24, 2.45) is 29.6 Å². The lowest BCUT2D eigenvalue weighted by atomic mass is 9.91. The quantitative estimate of drug-likeness (QED) is 0.105. The predicted molar refractivity (Wildman–Crippen MR) is 228 cm³/mol. The summed E-state index contributed by atoms with van der Waals surface area (Å²) in [4.78, 5) is 73.1. The van der Waals surface area contributed by atoms with Gasteiger partial charge in [0.15, 0.2) is 0 Å². The Hall–Kier alpha value is -5.57. The van der Waals surface area contributed by atoms with Crippen LogP contribution < -0.4 is 5.32 Å². The van der Waals surface area contributed by atoms with Gasteiger partial charge in [-0.3, -0.25) is 14.4 Å². The lowest BCUT2D eigenvalue weighted by molar-refractivity contribution is -0.148. The third-order valence-electron chi connectivity index (χ3n) is 11.9. The summed E-state index contributed by atoms with van der Waals surface area (Å²) < 4.78 is 25.5. The third kappa shape index (κ3) is 8.68. The number of carbonyl (C=O) groups is 4. The number of rotatable bonds is 12. The number of imidazole rings is 2. The number of nitrogens with one attached hydrogen (secondary N) is 3. The number of aromatic amines is 2. The Morgan fingerprint density at radius 3 is 2.07 bits per heavy atom. The highest BCUT2D eigenvalue weighted by Crippen LogP contribution is 2.41. The summed E-state index contributed by atoms with van der Waals surface area (Å²) in [6.07, 6.45) is 2.66. The van der Waals surface area contributed by atoms with Gasteiger partial charge in [-0.15, -0.1) is 11.3 Å². The van der Waals surface area contributed by atoms with Gasteiger partial charge in [0.05, 0.1) is 56.0 Å². The van der Waals surface area contributed by atoms with Crippen LogP contribution in [0.4, 0.5) is 9.18 Å². The standard InChI is InChI=1S/C45H54FN7O6S/c1-23(2)31(18-38(54)58-7)43(55)52-21-25(5)15-35(52)40-47-20-34(49-40)28-11-9-27(10-12-28)29-13-14-30(32(46)17-29)37-19-33-42(60-37)51-41(48-33)36-16-26(6)22-53(36)44(56)39(24(3)4)50-45(57)59-8/h9-14,17,19-20,23-26,31,35-36,39H,15-16,18,21-22H2,1-8H3,(H,47,49)(H,48,51)(H,50,57)/t25-,26-,31-,35-,36-,39-/m0/s1. The van der Waals surface area contributed by atoms with E-state index < -0.39 is 24.0 Å². The number of benzene rings is 2. The molecule has 5 heterocycles. The Bertz CT molecular complexity index is 2340. The number of methoxy groups -OCH3 is 2. The molecule has 7 rings (SSSR count). The molecule has 3 N–H and O–H groups in total. The van der Waals surface area contributed by atoms with E-state index in [0.29, 0.717) is 30.3 Å². The van der Waals surface area contributed by atoms with Crippen LogP contribution in [0.1, 0.15) is 84.5 Å². The van der Waals surface area contributed by atoms with Crippen molar-refractivity contribution in [3.63, 3.8) is 0 Å². The van der Waals surface area contributed by atoms with Gasteiger partial charge in [0.1, 0.15) is 28.3 Å². The molecule has 0 bridgehead atoms. The summed E-state index contributed by atoms with van der Waals surface area (Å²) in [5, 5.41) is 2.69. The molecule has 6 atom stereocenters. The number of carbonyl (C=O) groups excluding carboxylic acids is 4. The number of ether oxygens (including phenoxy) is 2. The van der Waals surface area contributed by atoms with Crippen molar-refractivity contribution in [2.45, 2.75) is 78.9 Å². The third-order valence-corrected chi connectivity index (χ3v) is 13.0. The van der Waals surface area contributed by atoms with E-state index in [0.717, 1.165) is 50.5 Å². The molecule has 0 unspecified atom stereocenters. The number of esters is 1. The second-order valence-electron chi connectivity index (χ2n) is 17.1. The van der Waals surface area contributed by atoms with Crippen LogP contribution in [-0.2, 0) is 23.9 Å². The van der Waals surface area contributed by atoms with Crippen LogP contribution in [0.15, 0.2) is 54.7 Å². The highest BCUT2D eigenvalue weighted by atomic mass is 32.1. The minimum atomic E-state index is -0.733. The molecule has 60 heavy (non-hydrogen) atoms. The highest BCUT2D eigenvalue weighted by molar-refractivity contribution is 7.21. The number of hydrogen-bond donors (Lipinski definition) is 3. The Labute approximate surface area is 353 Å². The number of fused-ring (bicyclic) bond motifs is 1. The number of hydrogen-bond acceptors (Lipinski definition) is 9. The van der Waals surface area contributed by atoms with E-state index in [4.69, 9.17) is 19.4 Å². The molecule has 5 aromatic rings. The molecular formula is C45H54FN7O6S. The molecular weight excluding hydrogens is 786 g/mol. The zero-order chi connectivity index (χ0) is 43.0. The Balaban J connectivity index is 1.04. The van der Waals surface area contributed by atoms with Gasteiger partial charge in [0.25, 0.3) is 0 Å². The molecule has 0 aliphatic carbocycles. The van der Waals surface area contributed by atoms with E-state index in [2.05, 4.69) is 29.1 Å². The van der Waals surface area contributed by atoms with Crippen LogP contribution >= 0.6 is 11.3 Å². The predicted octanol–water partition coefficient (Wildman–Crippen LogP) is 8.52. The number of amides is 3. The maximum atomic E-state index is 15.8. The highest BCUT2D eigenvalue weighted by Gasteiger charge is 2.42. The summed E-state index contributed by atoms with van der Waals surface area (Å²) >= 11 is 1.39. The number of halogens is 1. The van der Waals surface area contributed by atoms with Gasteiger partial charge in [0, 0.05) is 23.5 Å². The van der Waals surface area contributed by atoms with Gasteiger partial charge < -0.3 is 34.6 Å². The van der Waals surface area contributed by atoms with Gasteiger partial charge >= 0.3 is 12.1 Å². The number of aromatic nitrogens is 4. The van der Waals surface area contributed by atoms with Gasteiger partial charge in [-0.25, -0.2) is 19.2 Å². The Kier molecular flexibility index (Phi) is 12.5. The second kappa shape index (κ2) is 17.6. The topological polar surface area (TPSA) is 163 Å². The fourth-order valence-electron chi connectivity index (χ4n) is 8.57. The van der Waals surface area contributed by atoms with E-state index in [1.54, 1.807) is 23.2 Å². The monoisotopic (exact) mass is 839 g/mol. The maximum absolute atomic E-state index is 15.8. The van der Waals surface area contributed by atoms with Gasteiger partial charge in [-0.2, -0.15) is 0 Å². The molecule has 2 aliphatic heterocycles. The molecule has 3 amide bonds. The lowest BCUT2D eigenvalue weighted by Gasteiger charge is -2.30.